The fourth-order valence-corrected chi connectivity index (χ4v) is 3.52. The van der Waals surface area contributed by atoms with Crippen LogP contribution in [0.2, 0.25) is 0 Å². The summed E-state index contributed by atoms with van der Waals surface area (Å²) in [7, 11) is 0. The first-order valence-electron chi connectivity index (χ1n) is 9.82. The van der Waals surface area contributed by atoms with Gasteiger partial charge in [-0.1, -0.05) is 49.4 Å². The number of benzene rings is 2. The summed E-state index contributed by atoms with van der Waals surface area (Å²) in [4.78, 5) is 12.5. The SMILES string of the molecule is CCc1ccc(C(=O)NC[C@@H]2OCCc3cn(Cc4ccccc4)nc32)cc1. The van der Waals surface area contributed by atoms with Crippen LogP contribution in [0.4, 0.5) is 0 Å². The Balaban J connectivity index is 1.41. The number of nitrogens with zero attached hydrogens (tertiary/aromatic N) is 2. The van der Waals surface area contributed by atoms with E-state index in [9.17, 15) is 4.79 Å². The summed E-state index contributed by atoms with van der Waals surface area (Å²) in [6, 6.07) is 18.0. The molecule has 1 aliphatic rings. The van der Waals surface area contributed by atoms with E-state index in [1.165, 1.54) is 16.7 Å². The maximum Gasteiger partial charge on any atom is 0.251 e. The first-order chi connectivity index (χ1) is 13.7. The number of hydrogen-bond donors (Lipinski definition) is 1. The molecular weight excluding hydrogens is 350 g/mol. The minimum atomic E-state index is -0.209. The lowest BCUT2D eigenvalue weighted by Crippen LogP contribution is -2.31. The molecule has 2 aromatic carbocycles. The van der Waals surface area contributed by atoms with E-state index in [2.05, 4.69) is 30.6 Å². The molecule has 1 aliphatic heterocycles. The molecule has 1 N–H and O–H groups in total. The molecule has 0 unspecified atom stereocenters. The Morgan fingerprint density at radius 2 is 1.93 bits per heavy atom. The fraction of sp³-hybridized carbons (Fsp3) is 0.304. The van der Waals surface area contributed by atoms with Gasteiger partial charge in [0, 0.05) is 18.3 Å². The molecule has 3 aromatic rings. The summed E-state index contributed by atoms with van der Waals surface area (Å²) in [5.74, 6) is -0.0814. The normalized spacial score (nSPS) is 15.8. The number of amides is 1. The van der Waals surface area contributed by atoms with Crippen molar-refractivity contribution in [3.63, 3.8) is 0 Å². The van der Waals surface area contributed by atoms with Crippen LogP contribution < -0.4 is 5.32 Å². The molecule has 0 radical (unpaired) electrons. The highest BCUT2D eigenvalue weighted by Gasteiger charge is 2.25. The van der Waals surface area contributed by atoms with Gasteiger partial charge in [0.1, 0.15) is 6.10 Å². The Morgan fingerprint density at radius 1 is 1.14 bits per heavy atom. The highest BCUT2D eigenvalue weighted by Crippen LogP contribution is 2.25. The summed E-state index contributed by atoms with van der Waals surface area (Å²) in [6.07, 6.45) is 3.71. The van der Waals surface area contributed by atoms with E-state index < -0.39 is 0 Å². The molecule has 2 heterocycles. The van der Waals surface area contributed by atoms with Crippen LogP contribution in [0.1, 0.15) is 45.8 Å². The molecule has 0 fully saturated rings. The van der Waals surface area contributed by atoms with Crippen molar-refractivity contribution in [1.29, 1.82) is 0 Å². The van der Waals surface area contributed by atoms with Crippen molar-refractivity contribution in [3.05, 3.63) is 88.7 Å². The molecule has 5 nitrogen and oxygen atoms in total. The monoisotopic (exact) mass is 375 g/mol. The van der Waals surface area contributed by atoms with Gasteiger partial charge in [-0.2, -0.15) is 5.10 Å². The number of rotatable bonds is 6. The van der Waals surface area contributed by atoms with Gasteiger partial charge in [-0.05, 0) is 41.7 Å². The number of hydrogen-bond acceptors (Lipinski definition) is 3. The van der Waals surface area contributed by atoms with Crippen LogP contribution in [0.5, 0.6) is 0 Å². The molecule has 0 saturated carbocycles. The average Bonchev–Trinajstić information content (AvgIpc) is 3.15. The second-order valence-corrected chi connectivity index (χ2v) is 7.09. The third-order valence-corrected chi connectivity index (χ3v) is 5.13. The minimum Gasteiger partial charge on any atom is -0.370 e. The van der Waals surface area contributed by atoms with Crippen molar-refractivity contribution < 1.29 is 9.53 Å². The van der Waals surface area contributed by atoms with Gasteiger partial charge >= 0.3 is 0 Å². The van der Waals surface area contributed by atoms with Crippen LogP contribution in [-0.2, 0) is 24.1 Å². The Bertz CT molecular complexity index is 932. The van der Waals surface area contributed by atoms with Crippen LogP contribution in [0.3, 0.4) is 0 Å². The summed E-state index contributed by atoms with van der Waals surface area (Å²) < 4.78 is 7.87. The van der Waals surface area contributed by atoms with E-state index in [4.69, 9.17) is 9.84 Å². The summed E-state index contributed by atoms with van der Waals surface area (Å²) in [5.41, 5.74) is 5.24. The number of aryl methyl sites for hydroxylation is 1. The molecule has 1 amide bonds. The Kier molecular flexibility index (Phi) is 5.53. The van der Waals surface area contributed by atoms with Gasteiger partial charge in [0.15, 0.2) is 0 Å². The first-order valence-corrected chi connectivity index (χ1v) is 9.82. The number of nitrogens with one attached hydrogen (secondary N) is 1. The predicted molar refractivity (Wildman–Crippen MR) is 108 cm³/mol. The van der Waals surface area contributed by atoms with E-state index in [0.717, 1.165) is 25.1 Å². The van der Waals surface area contributed by atoms with Crippen molar-refractivity contribution in [2.24, 2.45) is 0 Å². The molecular formula is C23H25N3O2. The second kappa shape index (κ2) is 8.40. The van der Waals surface area contributed by atoms with Crippen LogP contribution in [0.15, 0.2) is 60.8 Å². The van der Waals surface area contributed by atoms with Crippen LogP contribution in [0, 0.1) is 0 Å². The zero-order valence-corrected chi connectivity index (χ0v) is 16.1. The quantitative estimate of drug-likeness (QED) is 0.717. The molecule has 1 aromatic heterocycles. The van der Waals surface area contributed by atoms with E-state index in [1.54, 1.807) is 0 Å². The molecule has 0 saturated heterocycles. The van der Waals surface area contributed by atoms with Crippen molar-refractivity contribution in [2.75, 3.05) is 13.2 Å². The molecule has 0 spiro atoms. The Morgan fingerprint density at radius 3 is 2.68 bits per heavy atom. The maximum absolute atomic E-state index is 12.5. The van der Waals surface area contributed by atoms with Gasteiger partial charge in [0.2, 0.25) is 0 Å². The predicted octanol–water partition coefficient (Wildman–Crippen LogP) is 3.54. The van der Waals surface area contributed by atoms with Crippen molar-refractivity contribution in [1.82, 2.24) is 15.1 Å². The number of aromatic nitrogens is 2. The molecule has 0 bridgehead atoms. The van der Waals surface area contributed by atoms with Crippen molar-refractivity contribution in [3.8, 4) is 0 Å². The summed E-state index contributed by atoms with van der Waals surface area (Å²) >= 11 is 0. The average molecular weight is 375 g/mol. The number of ether oxygens (including phenoxy) is 1. The molecule has 0 aliphatic carbocycles. The smallest absolute Gasteiger partial charge is 0.251 e. The third-order valence-electron chi connectivity index (χ3n) is 5.13. The van der Waals surface area contributed by atoms with Crippen LogP contribution >= 0.6 is 0 Å². The molecule has 5 heteroatoms. The zero-order valence-electron chi connectivity index (χ0n) is 16.1. The van der Waals surface area contributed by atoms with Gasteiger partial charge < -0.3 is 10.1 Å². The topological polar surface area (TPSA) is 56.1 Å². The van der Waals surface area contributed by atoms with Gasteiger partial charge in [-0.3, -0.25) is 9.48 Å². The fourth-order valence-electron chi connectivity index (χ4n) is 3.52. The van der Waals surface area contributed by atoms with E-state index in [-0.39, 0.29) is 12.0 Å². The lowest BCUT2D eigenvalue weighted by molar-refractivity contribution is 0.0383. The Hall–Kier alpha value is -2.92. The molecule has 28 heavy (non-hydrogen) atoms. The van der Waals surface area contributed by atoms with Crippen molar-refractivity contribution >= 4 is 5.91 Å². The standard InChI is InChI=1S/C23H25N3O2/c1-2-17-8-10-19(11-9-17)23(27)24-14-21-22-20(12-13-28-21)16-26(25-22)15-18-6-4-3-5-7-18/h3-11,16,21H,2,12-15H2,1H3,(H,24,27)/t21-/m0/s1. The van der Waals surface area contributed by atoms with Gasteiger partial charge in [-0.25, -0.2) is 0 Å². The zero-order chi connectivity index (χ0) is 19.3. The minimum absolute atomic E-state index is 0.0814. The number of fused-ring (bicyclic) bond motifs is 1. The lowest BCUT2D eigenvalue weighted by Gasteiger charge is -2.22. The highest BCUT2D eigenvalue weighted by molar-refractivity contribution is 5.94. The van der Waals surface area contributed by atoms with Crippen LogP contribution in [-0.4, -0.2) is 28.8 Å². The maximum atomic E-state index is 12.5. The van der Waals surface area contributed by atoms with E-state index in [0.29, 0.717) is 18.7 Å². The Labute approximate surface area is 165 Å². The lowest BCUT2D eigenvalue weighted by atomic mass is 10.1. The largest absolute Gasteiger partial charge is 0.370 e. The molecule has 1 atom stereocenters. The highest BCUT2D eigenvalue weighted by atomic mass is 16.5. The van der Waals surface area contributed by atoms with Crippen molar-refractivity contribution in [2.45, 2.75) is 32.4 Å². The van der Waals surface area contributed by atoms with Gasteiger partial charge in [-0.15, -0.1) is 0 Å². The number of carbonyl (C=O) groups is 1. The molecule has 144 valence electrons. The summed E-state index contributed by atoms with van der Waals surface area (Å²) in [5, 5.41) is 7.73. The van der Waals surface area contributed by atoms with Gasteiger partial charge in [0.05, 0.1) is 18.8 Å². The third kappa shape index (κ3) is 4.15. The van der Waals surface area contributed by atoms with Gasteiger partial charge in [0.25, 0.3) is 5.91 Å². The van der Waals surface area contributed by atoms with Crippen LogP contribution in [0.25, 0.3) is 0 Å². The van der Waals surface area contributed by atoms with E-state index in [1.807, 2.05) is 47.1 Å². The van der Waals surface area contributed by atoms with E-state index >= 15 is 0 Å². The second-order valence-electron chi connectivity index (χ2n) is 7.09. The molecule has 4 rings (SSSR count). The number of carbonyl (C=O) groups excluding carboxylic acids is 1. The summed E-state index contributed by atoms with van der Waals surface area (Å²) in [6.45, 7) is 3.90. The first kappa shape index (κ1) is 18.4.